The average molecular weight is 854 g/mol. The molecule has 12 nitrogen and oxygen atoms in total. The van der Waals surface area contributed by atoms with Gasteiger partial charge in [-0.3, -0.25) is 14.2 Å². The molecule has 340 valence electrons. The van der Waals surface area contributed by atoms with Crippen LogP contribution in [-0.2, 0) is 32.7 Å². The summed E-state index contributed by atoms with van der Waals surface area (Å²) in [5.74, 6) is -1.18. The third kappa shape index (κ3) is 39.2. The molecule has 59 heavy (non-hydrogen) atoms. The van der Waals surface area contributed by atoms with E-state index in [1.807, 2.05) is 40.2 Å². The molecule has 0 aromatic rings. The van der Waals surface area contributed by atoms with Crippen LogP contribution in [0.5, 0.6) is 0 Å². The zero-order valence-electron chi connectivity index (χ0n) is 37.0. The maximum atomic E-state index is 12.7. The van der Waals surface area contributed by atoms with Crippen LogP contribution in [0.25, 0.3) is 0 Å². The SMILES string of the molecule is CC/C=C\C[C@H](O)/C=C/C=C/C=C\C=C/[C@@H](O)[C@H](O)CCCC(=O)O[C@H](COC(=O)CCCCCCCCC/C=C\CCCCCC)COP(=O)([O-])OCC[N+](C)(C)C. The number of esters is 2. The highest BCUT2D eigenvalue weighted by atomic mass is 31.2. The number of allylic oxidation sites excluding steroid dienone is 9. The Labute approximate surface area is 356 Å². The van der Waals surface area contributed by atoms with Crippen LogP contribution < -0.4 is 4.89 Å². The number of rotatable bonds is 38. The number of phosphoric acid groups is 1. The number of aliphatic hydroxyl groups excluding tert-OH is 3. The minimum Gasteiger partial charge on any atom is -0.756 e. The molecule has 0 heterocycles. The van der Waals surface area contributed by atoms with Gasteiger partial charge in [0.05, 0.1) is 46.1 Å². The summed E-state index contributed by atoms with van der Waals surface area (Å²) >= 11 is 0. The molecule has 0 spiro atoms. The molecular weight excluding hydrogens is 773 g/mol. The normalized spacial score (nSPS) is 15.9. The molecular formula is C46H80NO11P. The number of carbonyl (C=O) groups excluding carboxylic acids is 2. The monoisotopic (exact) mass is 854 g/mol. The Balaban J connectivity index is 4.72. The maximum absolute atomic E-state index is 12.7. The van der Waals surface area contributed by atoms with E-state index in [9.17, 15) is 34.4 Å². The fraction of sp³-hybridized carbons (Fsp3) is 0.696. The maximum Gasteiger partial charge on any atom is 0.306 e. The standard InChI is InChI=1S/C46H80NO11P/c1-6-8-10-11-12-13-14-15-16-17-18-19-20-25-29-35-45(51)55-39-42(40-57-59(53,54)56-38-37-47(3,4)5)58-46(52)36-30-34-44(50)43(49)33-28-24-22-21-23-27-32-41(48)31-26-9-7-2/h9,13-14,21-24,26-28,32-33,41-44,48-50H,6-8,10-12,15-20,25,29-31,34-40H2,1-5H3/b14-13-,23-21+,24-22-,26-9-,32-27+,33-28-/t41-,42+,43+,44+/m0/s1. The highest BCUT2D eigenvalue weighted by Gasteiger charge is 2.22. The zero-order valence-corrected chi connectivity index (χ0v) is 37.9. The average Bonchev–Trinajstić information content (AvgIpc) is 3.17. The van der Waals surface area contributed by atoms with Crippen LogP contribution >= 0.6 is 7.82 Å². The van der Waals surface area contributed by atoms with Gasteiger partial charge in [0.1, 0.15) is 19.8 Å². The lowest BCUT2D eigenvalue weighted by Crippen LogP contribution is -2.37. The second-order valence-electron chi connectivity index (χ2n) is 15.9. The van der Waals surface area contributed by atoms with E-state index in [-0.39, 0.29) is 38.9 Å². The molecule has 5 atom stereocenters. The first-order valence-corrected chi connectivity index (χ1v) is 23.4. The highest BCUT2D eigenvalue weighted by Crippen LogP contribution is 2.38. The van der Waals surface area contributed by atoms with Gasteiger partial charge in [0.25, 0.3) is 7.82 Å². The lowest BCUT2D eigenvalue weighted by Gasteiger charge is -2.28. The van der Waals surface area contributed by atoms with Crippen molar-refractivity contribution >= 4 is 19.8 Å². The number of likely N-dealkylation sites (N-methyl/N-ethyl adjacent to an activating group) is 1. The minimum absolute atomic E-state index is 0.0907. The molecule has 0 aromatic heterocycles. The van der Waals surface area contributed by atoms with Gasteiger partial charge in [0.2, 0.25) is 0 Å². The number of aliphatic hydroxyl groups is 3. The number of nitrogens with zero attached hydrogens (tertiary/aromatic N) is 1. The Hall–Kier alpha value is -2.67. The highest BCUT2D eigenvalue weighted by molar-refractivity contribution is 7.45. The molecule has 3 N–H and O–H groups in total. The molecule has 0 bridgehead atoms. The third-order valence-corrected chi connectivity index (χ3v) is 10.0. The Bertz CT molecular complexity index is 1290. The van der Waals surface area contributed by atoms with Crippen molar-refractivity contribution in [3.8, 4) is 0 Å². The van der Waals surface area contributed by atoms with Crippen molar-refractivity contribution in [2.24, 2.45) is 0 Å². The second kappa shape index (κ2) is 37.1. The third-order valence-electron chi connectivity index (χ3n) is 9.05. The Morgan fingerprint density at radius 1 is 0.678 bits per heavy atom. The van der Waals surface area contributed by atoms with E-state index in [4.69, 9.17) is 18.5 Å². The molecule has 13 heteroatoms. The largest absolute Gasteiger partial charge is 0.756 e. The fourth-order valence-electron chi connectivity index (χ4n) is 5.46. The Morgan fingerprint density at radius 2 is 1.25 bits per heavy atom. The molecule has 0 rings (SSSR count). The number of ether oxygens (including phenoxy) is 2. The van der Waals surface area contributed by atoms with Crippen molar-refractivity contribution in [1.82, 2.24) is 0 Å². The van der Waals surface area contributed by atoms with Gasteiger partial charge in [0, 0.05) is 12.8 Å². The molecule has 0 amide bonds. The van der Waals surface area contributed by atoms with Crippen molar-refractivity contribution in [1.29, 1.82) is 0 Å². The Kier molecular flexibility index (Phi) is 35.4. The minimum atomic E-state index is -4.73. The topological polar surface area (TPSA) is 172 Å². The number of unbranched alkanes of at least 4 members (excludes halogenated alkanes) is 11. The number of phosphoric ester groups is 1. The first kappa shape index (κ1) is 56.3. The van der Waals surface area contributed by atoms with Crippen molar-refractivity contribution in [3.63, 3.8) is 0 Å². The van der Waals surface area contributed by atoms with Gasteiger partial charge in [-0.25, -0.2) is 0 Å². The summed E-state index contributed by atoms with van der Waals surface area (Å²) in [6.45, 7) is 3.59. The zero-order chi connectivity index (χ0) is 44.0. The van der Waals surface area contributed by atoms with Gasteiger partial charge >= 0.3 is 11.9 Å². The van der Waals surface area contributed by atoms with E-state index in [1.54, 1.807) is 42.5 Å². The molecule has 1 unspecified atom stereocenters. The predicted molar refractivity (Wildman–Crippen MR) is 235 cm³/mol. The first-order chi connectivity index (χ1) is 28.2. The van der Waals surface area contributed by atoms with Gasteiger partial charge in [-0.15, -0.1) is 0 Å². The predicted octanol–water partition coefficient (Wildman–Crippen LogP) is 8.52. The van der Waals surface area contributed by atoms with E-state index in [1.165, 1.54) is 57.4 Å². The number of hydrogen-bond donors (Lipinski definition) is 3. The summed E-state index contributed by atoms with van der Waals surface area (Å²) in [4.78, 5) is 37.6. The van der Waals surface area contributed by atoms with Crippen LogP contribution in [-0.4, -0.2) is 104 Å². The summed E-state index contributed by atoms with van der Waals surface area (Å²) in [5.41, 5.74) is 0. The summed E-state index contributed by atoms with van der Waals surface area (Å²) in [6, 6.07) is 0. The molecule has 0 aromatic carbocycles. The van der Waals surface area contributed by atoms with Crippen LogP contribution in [0.4, 0.5) is 0 Å². The van der Waals surface area contributed by atoms with Crippen molar-refractivity contribution < 1.29 is 57.4 Å². The molecule has 0 aliphatic rings. The van der Waals surface area contributed by atoms with Crippen LogP contribution in [0, 0.1) is 0 Å². The summed E-state index contributed by atoms with van der Waals surface area (Å²) in [5, 5.41) is 30.5. The molecule has 0 saturated heterocycles. The van der Waals surface area contributed by atoms with Gasteiger partial charge in [-0.2, -0.15) is 0 Å². The molecule has 0 aliphatic heterocycles. The first-order valence-electron chi connectivity index (χ1n) is 22.0. The number of quaternary nitrogens is 1. The molecule has 0 aliphatic carbocycles. The second-order valence-corrected chi connectivity index (χ2v) is 17.3. The van der Waals surface area contributed by atoms with E-state index < -0.39 is 50.8 Å². The van der Waals surface area contributed by atoms with E-state index >= 15 is 0 Å². The lowest BCUT2D eigenvalue weighted by molar-refractivity contribution is -0.870. The quantitative estimate of drug-likeness (QED) is 0.0136. The van der Waals surface area contributed by atoms with Crippen LogP contribution in [0.1, 0.15) is 136 Å². The van der Waals surface area contributed by atoms with Crippen molar-refractivity contribution in [2.45, 2.75) is 160 Å². The summed E-state index contributed by atoms with van der Waals surface area (Å²) < 4.78 is 33.6. The van der Waals surface area contributed by atoms with E-state index in [2.05, 4.69) is 19.1 Å². The Morgan fingerprint density at radius 3 is 1.88 bits per heavy atom. The molecule has 0 radical (unpaired) electrons. The molecule has 0 saturated carbocycles. The van der Waals surface area contributed by atoms with Crippen LogP contribution in [0.15, 0.2) is 72.9 Å². The molecule has 0 fully saturated rings. The van der Waals surface area contributed by atoms with E-state index in [0.717, 1.165) is 32.1 Å². The number of carbonyl (C=O) groups is 2. The summed E-state index contributed by atoms with van der Waals surface area (Å²) in [6.07, 6.45) is 34.5. The van der Waals surface area contributed by atoms with Crippen LogP contribution in [0.2, 0.25) is 0 Å². The van der Waals surface area contributed by atoms with Crippen molar-refractivity contribution in [3.05, 3.63) is 72.9 Å². The van der Waals surface area contributed by atoms with E-state index in [0.29, 0.717) is 23.9 Å². The van der Waals surface area contributed by atoms with Crippen LogP contribution in [0.3, 0.4) is 0 Å². The smallest absolute Gasteiger partial charge is 0.306 e. The summed E-state index contributed by atoms with van der Waals surface area (Å²) in [7, 11) is 0.933. The number of hydrogen-bond acceptors (Lipinski definition) is 11. The van der Waals surface area contributed by atoms with Gasteiger partial charge < -0.3 is 43.2 Å². The van der Waals surface area contributed by atoms with Gasteiger partial charge in [-0.05, 0) is 57.8 Å². The fourth-order valence-corrected chi connectivity index (χ4v) is 6.19. The van der Waals surface area contributed by atoms with Crippen molar-refractivity contribution in [2.75, 3.05) is 47.5 Å². The van der Waals surface area contributed by atoms with Gasteiger partial charge in [0.15, 0.2) is 6.10 Å². The van der Waals surface area contributed by atoms with Gasteiger partial charge in [-0.1, -0.05) is 138 Å². The lowest BCUT2D eigenvalue weighted by atomic mass is 10.1.